The van der Waals surface area contributed by atoms with Crippen molar-refractivity contribution in [1.29, 1.82) is 0 Å². The maximum atomic E-state index is 4.98. The molecule has 0 unspecified atom stereocenters. The molecule has 11 heavy (non-hydrogen) atoms. The van der Waals surface area contributed by atoms with E-state index in [4.69, 9.17) is 8.83 Å². The Balaban J connectivity index is 2.14. The molecule has 0 atom stereocenters. The second kappa shape index (κ2) is 2.54. The Morgan fingerprint density at radius 1 is 0.909 bits per heavy atom. The van der Waals surface area contributed by atoms with Crippen LogP contribution in [-0.4, -0.2) is 0 Å². The molecular formula is C8H6NO2. The fraction of sp³-hybridized carbons (Fsp3) is 0. The summed E-state index contributed by atoms with van der Waals surface area (Å²) in [7, 11) is 0. The van der Waals surface area contributed by atoms with Crippen molar-refractivity contribution < 1.29 is 8.83 Å². The standard InChI is InChI=1S/C8H6NO2/c1-3-7(10-5-1)9-8-4-2-6-11-8/h1-6H. The average Bonchev–Trinajstić information content (AvgIpc) is 2.60. The smallest absolute Gasteiger partial charge is 0.221 e. The van der Waals surface area contributed by atoms with Crippen molar-refractivity contribution in [1.82, 2.24) is 5.32 Å². The Morgan fingerprint density at radius 2 is 1.45 bits per heavy atom. The molecule has 0 saturated carbocycles. The first-order valence-electron chi connectivity index (χ1n) is 3.24. The van der Waals surface area contributed by atoms with Crippen molar-refractivity contribution in [3.8, 4) is 0 Å². The zero-order valence-corrected chi connectivity index (χ0v) is 5.73. The second-order valence-electron chi connectivity index (χ2n) is 2.01. The van der Waals surface area contributed by atoms with E-state index >= 15 is 0 Å². The van der Waals surface area contributed by atoms with Crippen LogP contribution in [0.5, 0.6) is 0 Å². The van der Waals surface area contributed by atoms with E-state index in [1.54, 1.807) is 36.8 Å². The lowest BCUT2D eigenvalue weighted by atomic mass is 10.6. The molecule has 2 heterocycles. The second-order valence-corrected chi connectivity index (χ2v) is 2.01. The first kappa shape index (κ1) is 6.09. The zero-order valence-electron chi connectivity index (χ0n) is 5.73. The van der Waals surface area contributed by atoms with Gasteiger partial charge in [0.1, 0.15) is 0 Å². The van der Waals surface area contributed by atoms with Crippen molar-refractivity contribution in [3.05, 3.63) is 36.8 Å². The highest BCUT2D eigenvalue weighted by molar-refractivity contribution is 5.33. The van der Waals surface area contributed by atoms with Gasteiger partial charge in [-0.05, 0) is 12.1 Å². The fourth-order valence-corrected chi connectivity index (χ4v) is 0.776. The topological polar surface area (TPSA) is 40.4 Å². The Bertz CT molecular complexity index is 264. The molecule has 2 rings (SSSR count). The van der Waals surface area contributed by atoms with E-state index in [0.717, 1.165) is 0 Å². The molecular weight excluding hydrogens is 142 g/mol. The summed E-state index contributed by atoms with van der Waals surface area (Å²) >= 11 is 0. The number of hydrogen-bond acceptors (Lipinski definition) is 2. The zero-order chi connectivity index (χ0) is 7.52. The van der Waals surface area contributed by atoms with E-state index in [9.17, 15) is 0 Å². The highest BCUT2D eigenvalue weighted by Gasteiger charge is 1.99. The van der Waals surface area contributed by atoms with E-state index in [0.29, 0.717) is 11.8 Å². The molecule has 2 aromatic rings. The molecule has 0 aliphatic rings. The molecule has 0 fully saturated rings. The quantitative estimate of drug-likeness (QED) is 0.656. The monoisotopic (exact) mass is 148 g/mol. The maximum absolute atomic E-state index is 4.98. The van der Waals surface area contributed by atoms with Gasteiger partial charge in [0.05, 0.1) is 12.5 Å². The van der Waals surface area contributed by atoms with Gasteiger partial charge in [-0.3, -0.25) is 0 Å². The molecule has 1 radical (unpaired) electrons. The molecule has 0 amide bonds. The fourth-order valence-electron chi connectivity index (χ4n) is 0.776. The first-order valence-corrected chi connectivity index (χ1v) is 3.24. The van der Waals surface area contributed by atoms with Crippen LogP contribution in [0.4, 0.5) is 11.8 Å². The number of rotatable bonds is 2. The molecule has 0 saturated heterocycles. The van der Waals surface area contributed by atoms with Crippen LogP contribution in [0, 0.1) is 0 Å². The summed E-state index contributed by atoms with van der Waals surface area (Å²) in [6.07, 6.45) is 3.14. The molecule has 0 N–H and O–H groups in total. The summed E-state index contributed by atoms with van der Waals surface area (Å²) in [5.74, 6) is 1.11. The summed E-state index contributed by atoms with van der Waals surface area (Å²) in [5.41, 5.74) is 0. The number of hydrogen-bond donors (Lipinski definition) is 0. The van der Waals surface area contributed by atoms with Gasteiger partial charge in [-0.1, -0.05) is 0 Å². The first-order chi connectivity index (χ1) is 5.45. The van der Waals surface area contributed by atoms with Gasteiger partial charge >= 0.3 is 0 Å². The molecule has 0 aliphatic carbocycles. The minimum absolute atomic E-state index is 0.556. The van der Waals surface area contributed by atoms with Crippen LogP contribution in [0.25, 0.3) is 0 Å². The average molecular weight is 148 g/mol. The van der Waals surface area contributed by atoms with E-state index in [1.165, 1.54) is 0 Å². The minimum atomic E-state index is 0.556. The Hall–Kier alpha value is -1.64. The summed E-state index contributed by atoms with van der Waals surface area (Å²) in [6, 6.07) is 7.09. The minimum Gasteiger partial charge on any atom is -0.447 e. The number of furan rings is 2. The van der Waals surface area contributed by atoms with Crippen LogP contribution >= 0.6 is 0 Å². The third-order valence-electron chi connectivity index (χ3n) is 1.23. The van der Waals surface area contributed by atoms with Crippen LogP contribution in [0.3, 0.4) is 0 Å². The normalized spacial score (nSPS) is 9.82. The van der Waals surface area contributed by atoms with Crippen molar-refractivity contribution in [3.63, 3.8) is 0 Å². The SMILES string of the molecule is c1coc([N]c2ccco2)c1. The van der Waals surface area contributed by atoms with Gasteiger partial charge in [0.15, 0.2) is 0 Å². The predicted molar refractivity (Wildman–Crippen MR) is 38.9 cm³/mol. The third-order valence-corrected chi connectivity index (χ3v) is 1.23. The van der Waals surface area contributed by atoms with E-state index < -0.39 is 0 Å². The third kappa shape index (κ3) is 1.26. The molecule has 0 spiro atoms. The van der Waals surface area contributed by atoms with Crippen molar-refractivity contribution in [2.24, 2.45) is 0 Å². The summed E-state index contributed by atoms with van der Waals surface area (Å²) in [4.78, 5) is 0. The highest BCUT2D eigenvalue weighted by Crippen LogP contribution is 2.16. The van der Waals surface area contributed by atoms with Crippen molar-refractivity contribution in [2.45, 2.75) is 0 Å². The van der Waals surface area contributed by atoms with Gasteiger partial charge in [-0.25, -0.2) is 0 Å². The largest absolute Gasteiger partial charge is 0.447 e. The molecule has 0 aliphatic heterocycles. The van der Waals surface area contributed by atoms with Gasteiger partial charge in [0.2, 0.25) is 11.8 Å². The van der Waals surface area contributed by atoms with Gasteiger partial charge < -0.3 is 8.83 Å². The highest BCUT2D eigenvalue weighted by atomic mass is 16.4. The molecule has 55 valence electrons. The number of nitrogens with zero attached hydrogens (tertiary/aromatic N) is 1. The lowest BCUT2D eigenvalue weighted by Crippen LogP contribution is -1.81. The van der Waals surface area contributed by atoms with Gasteiger partial charge in [-0.15, -0.1) is 0 Å². The van der Waals surface area contributed by atoms with Gasteiger partial charge in [0.25, 0.3) is 0 Å². The summed E-state index contributed by atoms with van der Waals surface area (Å²) in [6.45, 7) is 0. The van der Waals surface area contributed by atoms with Crippen molar-refractivity contribution >= 4 is 11.8 Å². The Labute approximate surface area is 63.6 Å². The molecule has 2 aromatic heterocycles. The van der Waals surface area contributed by atoms with Crippen LogP contribution in [0.1, 0.15) is 0 Å². The molecule has 0 aromatic carbocycles. The predicted octanol–water partition coefficient (Wildman–Crippen LogP) is 2.44. The van der Waals surface area contributed by atoms with Crippen LogP contribution in [-0.2, 0) is 0 Å². The van der Waals surface area contributed by atoms with Gasteiger partial charge in [0, 0.05) is 12.1 Å². The van der Waals surface area contributed by atoms with Crippen LogP contribution in [0.15, 0.2) is 45.6 Å². The summed E-state index contributed by atoms with van der Waals surface area (Å²) in [5, 5.41) is 4.03. The lowest BCUT2D eigenvalue weighted by Gasteiger charge is -1.90. The Morgan fingerprint density at radius 3 is 1.82 bits per heavy atom. The molecule has 3 nitrogen and oxygen atoms in total. The van der Waals surface area contributed by atoms with E-state index in [2.05, 4.69) is 5.32 Å². The molecule has 3 heteroatoms. The molecule has 0 bridgehead atoms. The summed E-state index contributed by atoms with van der Waals surface area (Å²) < 4.78 is 9.96. The van der Waals surface area contributed by atoms with Crippen molar-refractivity contribution in [2.75, 3.05) is 0 Å². The lowest BCUT2D eigenvalue weighted by molar-refractivity contribution is 0.517. The van der Waals surface area contributed by atoms with Crippen LogP contribution < -0.4 is 5.32 Å². The Kier molecular flexibility index (Phi) is 1.41. The maximum Gasteiger partial charge on any atom is 0.221 e. The van der Waals surface area contributed by atoms with Gasteiger partial charge in [-0.2, -0.15) is 5.32 Å². The van der Waals surface area contributed by atoms with E-state index in [1.807, 2.05) is 0 Å². The van der Waals surface area contributed by atoms with Crippen LogP contribution in [0.2, 0.25) is 0 Å². The van der Waals surface area contributed by atoms with E-state index in [-0.39, 0.29) is 0 Å².